The van der Waals surface area contributed by atoms with Gasteiger partial charge in [-0.15, -0.1) is 0 Å². The molecule has 1 unspecified atom stereocenters. The molecule has 4 rings (SSSR count). The highest BCUT2D eigenvalue weighted by Gasteiger charge is 2.21. The summed E-state index contributed by atoms with van der Waals surface area (Å²) in [6, 6.07) is 0. The molecule has 8 nitrogen and oxygen atoms in total. The molecule has 0 aliphatic carbocycles. The number of nitrogens with one attached hydrogen (secondary N) is 1. The van der Waals surface area contributed by atoms with Gasteiger partial charge in [0, 0.05) is 44.8 Å². The molecule has 3 aromatic rings. The van der Waals surface area contributed by atoms with Crippen LogP contribution in [0.2, 0.25) is 0 Å². The zero-order valence-corrected chi connectivity index (χ0v) is 16.7. The van der Waals surface area contributed by atoms with Gasteiger partial charge in [0.15, 0.2) is 5.65 Å². The minimum Gasteiger partial charge on any atom is -0.321 e. The molecule has 0 radical (unpaired) electrons. The standard InChI is InChI=1S/C18H26N8S.CH4/c1-24-13-16(10-20-24)22-18-19-8-15-9-21-26(17(15)23-18)12-14-4-3-5-25(11-14)6-7-27-2;/h8-10,13-14H,3-7,11-12H2,1-2H3,(H,19,22,23);1H4. The molecule has 3 aromatic heterocycles. The number of aryl methyl sites for hydroxylation is 1. The van der Waals surface area contributed by atoms with Gasteiger partial charge in [0.25, 0.3) is 0 Å². The van der Waals surface area contributed by atoms with Gasteiger partial charge < -0.3 is 10.2 Å². The van der Waals surface area contributed by atoms with E-state index in [4.69, 9.17) is 4.98 Å². The third kappa shape index (κ3) is 4.82. The molecule has 1 fully saturated rings. The molecule has 0 amide bonds. The van der Waals surface area contributed by atoms with Crippen LogP contribution in [0.5, 0.6) is 0 Å². The maximum absolute atomic E-state index is 4.70. The van der Waals surface area contributed by atoms with E-state index in [0.29, 0.717) is 11.9 Å². The van der Waals surface area contributed by atoms with Crippen LogP contribution in [-0.4, -0.2) is 66.1 Å². The fourth-order valence-electron chi connectivity index (χ4n) is 3.64. The van der Waals surface area contributed by atoms with Gasteiger partial charge >= 0.3 is 0 Å². The van der Waals surface area contributed by atoms with Crippen LogP contribution >= 0.6 is 11.8 Å². The lowest BCUT2D eigenvalue weighted by Crippen LogP contribution is -2.38. The predicted octanol–water partition coefficient (Wildman–Crippen LogP) is 3.01. The molecule has 1 atom stereocenters. The van der Waals surface area contributed by atoms with Crippen LogP contribution in [0.1, 0.15) is 20.3 Å². The Kier molecular flexibility index (Phi) is 6.90. The quantitative estimate of drug-likeness (QED) is 0.651. The fourth-order valence-corrected chi connectivity index (χ4v) is 4.08. The largest absolute Gasteiger partial charge is 0.321 e. The molecule has 1 aliphatic rings. The molecule has 0 spiro atoms. The van der Waals surface area contributed by atoms with Gasteiger partial charge in [-0.25, -0.2) is 9.67 Å². The summed E-state index contributed by atoms with van der Waals surface area (Å²) in [6.45, 7) is 4.45. The molecule has 1 aliphatic heterocycles. The summed E-state index contributed by atoms with van der Waals surface area (Å²) < 4.78 is 3.78. The van der Waals surface area contributed by atoms with E-state index in [1.54, 1.807) is 10.9 Å². The first kappa shape index (κ1) is 20.6. The molecule has 0 bridgehead atoms. The highest BCUT2D eigenvalue weighted by molar-refractivity contribution is 7.98. The van der Waals surface area contributed by atoms with Crippen LogP contribution in [0.15, 0.2) is 24.8 Å². The molecule has 0 saturated carbocycles. The smallest absolute Gasteiger partial charge is 0.229 e. The summed E-state index contributed by atoms with van der Waals surface area (Å²) in [7, 11) is 1.89. The number of nitrogens with zero attached hydrogens (tertiary/aromatic N) is 7. The Morgan fingerprint density at radius 2 is 2.14 bits per heavy atom. The van der Waals surface area contributed by atoms with E-state index < -0.39 is 0 Å². The number of hydrogen-bond donors (Lipinski definition) is 1. The number of rotatable bonds is 7. The lowest BCUT2D eigenvalue weighted by Gasteiger charge is -2.32. The van der Waals surface area contributed by atoms with E-state index in [2.05, 4.69) is 31.7 Å². The molecule has 0 aromatic carbocycles. The number of anilines is 2. The van der Waals surface area contributed by atoms with Gasteiger partial charge in [0.2, 0.25) is 5.95 Å². The van der Waals surface area contributed by atoms with Crippen molar-refractivity contribution < 1.29 is 0 Å². The second-order valence-corrected chi connectivity index (χ2v) is 8.11. The van der Waals surface area contributed by atoms with Crippen LogP contribution in [-0.2, 0) is 13.6 Å². The highest BCUT2D eigenvalue weighted by atomic mass is 32.2. The third-order valence-corrected chi connectivity index (χ3v) is 5.57. The molecule has 9 heteroatoms. The van der Waals surface area contributed by atoms with Crippen molar-refractivity contribution in [3.63, 3.8) is 0 Å². The van der Waals surface area contributed by atoms with Crippen molar-refractivity contribution in [1.82, 2.24) is 34.4 Å². The van der Waals surface area contributed by atoms with Crippen LogP contribution in [0.4, 0.5) is 11.6 Å². The Labute approximate surface area is 170 Å². The molecular formula is C19H30N8S. The number of hydrogen-bond acceptors (Lipinski definition) is 7. The lowest BCUT2D eigenvalue weighted by atomic mass is 9.98. The number of fused-ring (bicyclic) bond motifs is 1. The monoisotopic (exact) mass is 402 g/mol. The first-order valence-electron chi connectivity index (χ1n) is 9.37. The fraction of sp³-hybridized carbons (Fsp3) is 0.579. The minimum absolute atomic E-state index is 0. The number of thioether (sulfide) groups is 1. The average Bonchev–Trinajstić information content (AvgIpc) is 3.26. The number of likely N-dealkylation sites (tertiary alicyclic amines) is 1. The van der Waals surface area contributed by atoms with E-state index in [-0.39, 0.29) is 7.43 Å². The SMILES string of the molecule is C.CSCCN1CCCC(Cn2ncc3cnc(Nc4cnn(C)c4)nc32)C1. The number of piperidine rings is 1. The maximum Gasteiger partial charge on any atom is 0.229 e. The summed E-state index contributed by atoms with van der Waals surface area (Å²) in [5.41, 5.74) is 1.76. The highest BCUT2D eigenvalue weighted by Crippen LogP contribution is 2.21. The summed E-state index contributed by atoms with van der Waals surface area (Å²) >= 11 is 1.92. The second-order valence-electron chi connectivity index (χ2n) is 7.13. The Hall–Kier alpha value is -2.13. The topological polar surface area (TPSA) is 76.7 Å². The van der Waals surface area contributed by atoms with Crippen molar-refractivity contribution in [2.45, 2.75) is 26.8 Å². The van der Waals surface area contributed by atoms with Crippen LogP contribution in [0, 0.1) is 5.92 Å². The summed E-state index contributed by atoms with van der Waals surface area (Å²) in [6.07, 6.45) is 12.0. The second kappa shape index (κ2) is 9.38. The number of aromatic nitrogens is 6. The molecule has 152 valence electrons. The Bertz CT molecular complexity index is 889. The van der Waals surface area contributed by atoms with Gasteiger partial charge in [0.1, 0.15) is 0 Å². The Morgan fingerprint density at radius 1 is 1.25 bits per heavy atom. The zero-order chi connectivity index (χ0) is 18.6. The van der Waals surface area contributed by atoms with Gasteiger partial charge in [-0.2, -0.15) is 26.9 Å². The summed E-state index contributed by atoms with van der Waals surface area (Å²) in [4.78, 5) is 11.7. The van der Waals surface area contributed by atoms with Gasteiger partial charge in [-0.1, -0.05) is 7.43 Å². The normalized spacial score (nSPS) is 17.6. The molecule has 1 saturated heterocycles. The Morgan fingerprint density at radius 3 is 2.93 bits per heavy atom. The van der Waals surface area contributed by atoms with Crippen molar-refractivity contribution in [2.24, 2.45) is 13.0 Å². The van der Waals surface area contributed by atoms with Crippen molar-refractivity contribution in [3.05, 3.63) is 24.8 Å². The van der Waals surface area contributed by atoms with Gasteiger partial charge in [0.05, 0.1) is 23.5 Å². The van der Waals surface area contributed by atoms with E-state index in [9.17, 15) is 0 Å². The molecule has 4 heterocycles. The molecule has 1 N–H and O–H groups in total. The summed E-state index contributed by atoms with van der Waals surface area (Å²) in [5, 5.41) is 12.9. The lowest BCUT2D eigenvalue weighted by molar-refractivity contribution is 0.169. The van der Waals surface area contributed by atoms with Crippen LogP contribution in [0.25, 0.3) is 11.0 Å². The average molecular weight is 403 g/mol. The molecule has 28 heavy (non-hydrogen) atoms. The minimum atomic E-state index is 0. The predicted molar refractivity (Wildman–Crippen MR) is 116 cm³/mol. The first-order chi connectivity index (χ1) is 13.2. The Balaban J connectivity index is 0.00000225. The third-order valence-electron chi connectivity index (χ3n) is 4.98. The van der Waals surface area contributed by atoms with Crippen molar-refractivity contribution in [1.29, 1.82) is 0 Å². The van der Waals surface area contributed by atoms with Crippen LogP contribution < -0.4 is 5.32 Å². The van der Waals surface area contributed by atoms with E-state index in [1.165, 1.54) is 31.7 Å². The maximum atomic E-state index is 4.70. The van der Waals surface area contributed by atoms with Gasteiger partial charge in [-0.3, -0.25) is 4.68 Å². The van der Waals surface area contributed by atoms with E-state index in [0.717, 1.165) is 29.8 Å². The summed E-state index contributed by atoms with van der Waals surface area (Å²) in [5.74, 6) is 2.39. The van der Waals surface area contributed by atoms with E-state index >= 15 is 0 Å². The van der Waals surface area contributed by atoms with Crippen molar-refractivity contribution >= 4 is 34.4 Å². The van der Waals surface area contributed by atoms with Crippen molar-refractivity contribution in [3.8, 4) is 0 Å². The van der Waals surface area contributed by atoms with E-state index in [1.807, 2.05) is 42.1 Å². The van der Waals surface area contributed by atoms with Gasteiger partial charge in [-0.05, 0) is 31.6 Å². The van der Waals surface area contributed by atoms with Crippen molar-refractivity contribution in [2.75, 3.05) is 37.0 Å². The molecular weight excluding hydrogens is 372 g/mol. The van der Waals surface area contributed by atoms with Crippen LogP contribution in [0.3, 0.4) is 0 Å². The first-order valence-corrected chi connectivity index (χ1v) is 10.8. The zero-order valence-electron chi connectivity index (χ0n) is 15.9.